The fourth-order valence-electron chi connectivity index (χ4n) is 2.58. The average Bonchev–Trinajstić information content (AvgIpc) is 3.26. The van der Waals surface area contributed by atoms with Crippen LogP contribution in [0.5, 0.6) is 5.75 Å². The van der Waals surface area contributed by atoms with Crippen molar-refractivity contribution in [1.82, 2.24) is 20.1 Å². The summed E-state index contributed by atoms with van der Waals surface area (Å²) in [5, 5.41) is 7.55. The normalized spacial score (nSPS) is 15.7. The third kappa shape index (κ3) is 3.67. The zero-order valence-electron chi connectivity index (χ0n) is 13.3. The van der Waals surface area contributed by atoms with Crippen LogP contribution in [0.2, 0.25) is 0 Å². The van der Waals surface area contributed by atoms with Gasteiger partial charge in [0, 0.05) is 18.7 Å². The molecule has 1 saturated heterocycles. The van der Waals surface area contributed by atoms with Crippen LogP contribution in [0, 0.1) is 0 Å². The number of thioether (sulfide) groups is 1. The molecule has 2 heterocycles. The summed E-state index contributed by atoms with van der Waals surface area (Å²) in [6, 6.07) is 7.60. The minimum Gasteiger partial charge on any atom is -0.497 e. The van der Waals surface area contributed by atoms with Gasteiger partial charge in [0.05, 0.1) is 12.4 Å². The molecule has 122 valence electrons. The highest BCUT2D eigenvalue weighted by molar-refractivity contribution is 8.00. The first-order valence-corrected chi connectivity index (χ1v) is 8.57. The van der Waals surface area contributed by atoms with Crippen molar-refractivity contribution >= 4 is 17.7 Å². The average molecular weight is 332 g/mol. The van der Waals surface area contributed by atoms with E-state index < -0.39 is 0 Å². The van der Waals surface area contributed by atoms with E-state index >= 15 is 0 Å². The van der Waals surface area contributed by atoms with Gasteiger partial charge in [0.15, 0.2) is 5.82 Å². The number of ether oxygens (including phenoxy) is 1. The van der Waals surface area contributed by atoms with Gasteiger partial charge < -0.3 is 9.64 Å². The monoisotopic (exact) mass is 332 g/mol. The number of aromatic nitrogens is 3. The Morgan fingerprint density at radius 1 is 1.30 bits per heavy atom. The van der Waals surface area contributed by atoms with Gasteiger partial charge in [0.25, 0.3) is 0 Å². The summed E-state index contributed by atoms with van der Waals surface area (Å²) in [5.41, 5.74) is 0.934. The standard InChI is InChI=1S/C16H20N4O2S/c1-11(15(21)20-9-3-4-10-20)23-16-17-14(18-19-16)12-5-7-13(22-2)8-6-12/h5-8,11H,3-4,9-10H2,1-2H3,(H,17,18,19). The first-order chi connectivity index (χ1) is 11.2. The Hall–Kier alpha value is -2.02. The minimum atomic E-state index is -0.174. The number of amides is 1. The summed E-state index contributed by atoms with van der Waals surface area (Å²) < 4.78 is 5.15. The molecule has 0 aliphatic carbocycles. The molecule has 1 aliphatic rings. The minimum absolute atomic E-state index is 0.170. The molecule has 0 spiro atoms. The summed E-state index contributed by atoms with van der Waals surface area (Å²) in [6.07, 6.45) is 2.21. The Bertz CT molecular complexity index is 665. The van der Waals surface area contributed by atoms with Crippen LogP contribution in [0.25, 0.3) is 11.4 Å². The molecule has 23 heavy (non-hydrogen) atoms. The molecule has 1 amide bonds. The smallest absolute Gasteiger partial charge is 0.235 e. The molecule has 1 aliphatic heterocycles. The van der Waals surface area contributed by atoms with Crippen molar-refractivity contribution in [1.29, 1.82) is 0 Å². The second kappa shape index (κ2) is 7.04. The number of H-pyrrole nitrogens is 1. The Labute approximate surface area is 139 Å². The van der Waals surface area contributed by atoms with Gasteiger partial charge in [0.1, 0.15) is 5.75 Å². The lowest BCUT2D eigenvalue weighted by Gasteiger charge is -2.18. The summed E-state index contributed by atoms with van der Waals surface area (Å²) in [7, 11) is 1.64. The molecule has 6 nitrogen and oxygen atoms in total. The summed E-state index contributed by atoms with van der Waals surface area (Å²) in [5.74, 6) is 1.66. The molecule has 7 heteroatoms. The lowest BCUT2D eigenvalue weighted by atomic mass is 10.2. The fraction of sp³-hybridized carbons (Fsp3) is 0.438. The maximum atomic E-state index is 12.3. The molecule has 1 aromatic heterocycles. The molecule has 1 atom stereocenters. The summed E-state index contributed by atoms with van der Waals surface area (Å²) in [6.45, 7) is 3.65. The summed E-state index contributed by atoms with van der Waals surface area (Å²) in [4.78, 5) is 18.7. The van der Waals surface area contributed by atoms with Gasteiger partial charge in [-0.3, -0.25) is 9.89 Å². The molecular weight excluding hydrogens is 312 g/mol. The second-order valence-corrected chi connectivity index (χ2v) is 6.80. The zero-order valence-corrected chi connectivity index (χ0v) is 14.1. The van der Waals surface area contributed by atoms with Crippen molar-refractivity contribution in [3.63, 3.8) is 0 Å². The van der Waals surface area contributed by atoms with Gasteiger partial charge in [-0.2, -0.15) is 0 Å². The SMILES string of the molecule is COc1ccc(-c2nc(SC(C)C(=O)N3CCCC3)n[nH]2)cc1. The van der Waals surface area contributed by atoms with Crippen molar-refractivity contribution in [3.8, 4) is 17.1 Å². The van der Waals surface area contributed by atoms with E-state index in [1.54, 1.807) is 7.11 Å². The molecule has 0 saturated carbocycles. The van der Waals surface area contributed by atoms with E-state index in [0.29, 0.717) is 11.0 Å². The maximum Gasteiger partial charge on any atom is 0.235 e. The Balaban J connectivity index is 1.65. The van der Waals surface area contributed by atoms with Crippen molar-refractivity contribution < 1.29 is 9.53 Å². The zero-order chi connectivity index (χ0) is 16.2. The number of carbonyl (C=O) groups excluding carboxylic acids is 1. The van der Waals surface area contributed by atoms with Crippen LogP contribution in [0.1, 0.15) is 19.8 Å². The van der Waals surface area contributed by atoms with Crippen molar-refractivity contribution in [3.05, 3.63) is 24.3 Å². The van der Waals surface area contributed by atoms with Crippen LogP contribution in [0.15, 0.2) is 29.4 Å². The van der Waals surface area contributed by atoms with E-state index in [1.165, 1.54) is 11.8 Å². The van der Waals surface area contributed by atoms with Crippen molar-refractivity contribution in [2.75, 3.05) is 20.2 Å². The number of likely N-dealkylation sites (tertiary alicyclic amines) is 1. The topological polar surface area (TPSA) is 71.1 Å². The number of aromatic amines is 1. The molecule has 3 rings (SSSR count). The van der Waals surface area contributed by atoms with Crippen molar-refractivity contribution in [2.45, 2.75) is 30.2 Å². The number of nitrogens with zero attached hydrogens (tertiary/aromatic N) is 3. The number of benzene rings is 1. The highest BCUT2D eigenvalue weighted by Gasteiger charge is 2.25. The molecule has 1 N–H and O–H groups in total. The van der Waals surface area contributed by atoms with Crippen LogP contribution in [-0.4, -0.2) is 51.4 Å². The molecular formula is C16H20N4O2S. The quantitative estimate of drug-likeness (QED) is 0.852. The number of methoxy groups -OCH3 is 1. The predicted molar refractivity (Wildman–Crippen MR) is 89.5 cm³/mol. The third-order valence-electron chi connectivity index (χ3n) is 3.88. The van der Waals surface area contributed by atoms with Crippen LogP contribution < -0.4 is 4.74 Å². The Kier molecular flexibility index (Phi) is 4.85. The highest BCUT2D eigenvalue weighted by Crippen LogP contribution is 2.25. The van der Waals surface area contributed by atoms with Gasteiger partial charge in [-0.05, 0) is 44.0 Å². The van der Waals surface area contributed by atoms with E-state index in [1.807, 2.05) is 36.1 Å². The van der Waals surface area contributed by atoms with E-state index in [9.17, 15) is 4.79 Å². The van der Waals surface area contributed by atoms with Gasteiger partial charge >= 0.3 is 0 Å². The van der Waals surface area contributed by atoms with Crippen LogP contribution in [-0.2, 0) is 4.79 Å². The molecule has 1 fully saturated rings. The molecule has 2 aromatic rings. The Morgan fingerprint density at radius 2 is 2.00 bits per heavy atom. The number of hydrogen-bond donors (Lipinski definition) is 1. The van der Waals surface area contributed by atoms with Crippen LogP contribution in [0.3, 0.4) is 0 Å². The fourth-order valence-corrected chi connectivity index (χ4v) is 3.39. The van der Waals surface area contributed by atoms with E-state index in [2.05, 4.69) is 15.2 Å². The number of rotatable bonds is 5. The molecule has 1 aromatic carbocycles. The lowest BCUT2D eigenvalue weighted by molar-refractivity contribution is -0.129. The van der Waals surface area contributed by atoms with E-state index in [0.717, 1.165) is 37.2 Å². The largest absolute Gasteiger partial charge is 0.497 e. The molecule has 0 bridgehead atoms. The van der Waals surface area contributed by atoms with E-state index in [-0.39, 0.29) is 11.2 Å². The second-order valence-electron chi connectivity index (χ2n) is 5.49. The van der Waals surface area contributed by atoms with Gasteiger partial charge in [-0.25, -0.2) is 4.98 Å². The first kappa shape index (κ1) is 15.9. The maximum absolute atomic E-state index is 12.3. The van der Waals surface area contributed by atoms with Crippen LogP contribution in [0.4, 0.5) is 0 Å². The van der Waals surface area contributed by atoms with E-state index in [4.69, 9.17) is 4.74 Å². The lowest BCUT2D eigenvalue weighted by Crippen LogP contribution is -2.34. The van der Waals surface area contributed by atoms with Gasteiger partial charge in [-0.15, -0.1) is 5.10 Å². The molecule has 1 unspecified atom stereocenters. The van der Waals surface area contributed by atoms with Gasteiger partial charge in [-0.1, -0.05) is 11.8 Å². The Morgan fingerprint density at radius 3 is 2.65 bits per heavy atom. The van der Waals surface area contributed by atoms with Crippen LogP contribution >= 0.6 is 11.8 Å². The van der Waals surface area contributed by atoms with Gasteiger partial charge in [0.2, 0.25) is 11.1 Å². The predicted octanol–water partition coefficient (Wildman–Crippen LogP) is 2.58. The molecule has 0 radical (unpaired) electrons. The number of nitrogens with one attached hydrogen (secondary N) is 1. The third-order valence-corrected chi connectivity index (χ3v) is 4.82. The number of carbonyl (C=O) groups is 1. The first-order valence-electron chi connectivity index (χ1n) is 7.69. The van der Waals surface area contributed by atoms with Crippen molar-refractivity contribution in [2.24, 2.45) is 0 Å². The number of hydrogen-bond acceptors (Lipinski definition) is 5. The summed E-state index contributed by atoms with van der Waals surface area (Å²) >= 11 is 1.39. The highest BCUT2D eigenvalue weighted by atomic mass is 32.2.